The quantitative estimate of drug-likeness (QED) is 0.571. The smallest absolute Gasteiger partial charge is 0.225 e. The third-order valence-corrected chi connectivity index (χ3v) is 5.56. The van der Waals surface area contributed by atoms with E-state index in [9.17, 15) is 4.79 Å². The lowest BCUT2D eigenvalue weighted by Gasteiger charge is -2.39. The molecule has 1 amide bonds. The van der Waals surface area contributed by atoms with E-state index in [0.29, 0.717) is 5.91 Å². The van der Waals surface area contributed by atoms with Crippen molar-refractivity contribution in [2.45, 2.75) is 81.6 Å². The summed E-state index contributed by atoms with van der Waals surface area (Å²) in [5, 5.41) is 0. The van der Waals surface area contributed by atoms with Crippen LogP contribution in [-0.2, 0) is 9.59 Å². The zero-order chi connectivity index (χ0) is 23.5. The van der Waals surface area contributed by atoms with Crippen molar-refractivity contribution in [3.63, 3.8) is 0 Å². The standard InChI is InChI=1S/C19H37N3O.C2H4O.2C2H6/c1-5-17(4)19(23)22-8-6-18(7-9-22)15-21-12-10-20(11-13-21)14-16(2)3;1-2-3;2*1-2/h16-18H,5-15H2,1-4H3;2H,1H3;2*1-2H3. The molecule has 1 atom stereocenters. The van der Waals surface area contributed by atoms with Crippen LogP contribution in [0.5, 0.6) is 0 Å². The van der Waals surface area contributed by atoms with Gasteiger partial charge in [-0.05, 0) is 38.0 Å². The first-order valence-electron chi connectivity index (χ1n) is 12.5. The second-order valence-electron chi connectivity index (χ2n) is 8.31. The topological polar surface area (TPSA) is 43.9 Å². The average molecular weight is 428 g/mol. The molecule has 2 aliphatic heterocycles. The summed E-state index contributed by atoms with van der Waals surface area (Å²) < 4.78 is 0. The number of hydrogen-bond donors (Lipinski definition) is 0. The lowest BCUT2D eigenvalue weighted by Crippen LogP contribution is -2.50. The van der Waals surface area contributed by atoms with E-state index < -0.39 is 0 Å². The Balaban J connectivity index is 0. The van der Waals surface area contributed by atoms with Crippen LogP contribution in [0.2, 0.25) is 0 Å². The van der Waals surface area contributed by atoms with Gasteiger partial charge in [0.15, 0.2) is 0 Å². The molecular formula is C25H53N3O2. The minimum atomic E-state index is 0.195. The van der Waals surface area contributed by atoms with Crippen LogP contribution in [0.15, 0.2) is 0 Å². The molecule has 0 saturated carbocycles. The molecule has 2 saturated heterocycles. The number of rotatable bonds is 6. The van der Waals surface area contributed by atoms with Crippen LogP contribution in [0.4, 0.5) is 0 Å². The molecule has 0 spiro atoms. The van der Waals surface area contributed by atoms with Crippen LogP contribution in [0.3, 0.4) is 0 Å². The van der Waals surface area contributed by atoms with Crippen LogP contribution in [0.25, 0.3) is 0 Å². The van der Waals surface area contributed by atoms with E-state index >= 15 is 0 Å². The fourth-order valence-corrected chi connectivity index (χ4v) is 3.86. The lowest BCUT2D eigenvalue weighted by molar-refractivity contribution is -0.136. The molecule has 0 N–H and O–H groups in total. The fourth-order valence-electron chi connectivity index (χ4n) is 3.86. The largest absolute Gasteiger partial charge is 0.342 e. The van der Waals surface area contributed by atoms with Crippen LogP contribution in [-0.4, -0.2) is 79.3 Å². The Morgan fingerprint density at radius 3 is 1.73 bits per heavy atom. The molecule has 1 unspecified atom stereocenters. The molecule has 2 fully saturated rings. The molecule has 0 radical (unpaired) electrons. The number of piperidine rings is 1. The summed E-state index contributed by atoms with van der Waals surface area (Å²) in [4.78, 5) is 28.4. The summed E-state index contributed by atoms with van der Waals surface area (Å²) in [5.41, 5.74) is 0. The second kappa shape index (κ2) is 20.0. The maximum Gasteiger partial charge on any atom is 0.225 e. The van der Waals surface area contributed by atoms with Gasteiger partial charge >= 0.3 is 0 Å². The number of carbonyl (C=O) groups excluding carboxylic acids is 2. The van der Waals surface area contributed by atoms with Crippen molar-refractivity contribution in [2.24, 2.45) is 17.8 Å². The number of amides is 1. The summed E-state index contributed by atoms with van der Waals surface area (Å²) >= 11 is 0. The molecule has 5 heteroatoms. The Labute approximate surface area is 188 Å². The normalized spacial score (nSPS) is 18.8. The number of nitrogens with zero attached hydrogens (tertiary/aromatic N) is 3. The third-order valence-electron chi connectivity index (χ3n) is 5.56. The maximum atomic E-state index is 12.3. The van der Waals surface area contributed by atoms with Crippen LogP contribution in [0, 0.1) is 17.8 Å². The Morgan fingerprint density at radius 2 is 1.33 bits per heavy atom. The Kier molecular flexibility index (Phi) is 20.8. The van der Waals surface area contributed by atoms with Gasteiger partial charge in [0.25, 0.3) is 0 Å². The highest BCUT2D eigenvalue weighted by molar-refractivity contribution is 5.78. The minimum Gasteiger partial charge on any atom is -0.342 e. The molecule has 2 heterocycles. The molecule has 180 valence electrons. The molecule has 0 aromatic heterocycles. The first-order chi connectivity index (χ1) is 14.4. The third kappa shape index (κ3) is 13.4. The molecule has 5 nitrogen and oxygen atoms in total. The highest BCUT2D eigenvalue weighted by Crippen LogP contribution is 2.21. The summed E-state index contributed by atoms with van der Waals surface area (Å²) in [6.45, 7) is 27.5. The highest BCUT2D eigenvalue weighted by Gasteiger charge is 2.27. The number of carbonyl (C=O) groups is 2. The van der Waals surface area contributed by atoms with Crippen molar-refractivity contribution in [2.75, 3.05) is 52.4 Å². The Hall–Kier alpha value is -0.940. The van der Waals surface area contributed by atoms with Gasteiger partial charge in [-0.25, -0.2) is 0 Å². The van der Waals surface area contributed by atoms with Gasteiger partial charge in [-0.15, -0.1) is 0 Å². The van der Waals surface area contributed by atoms with Gasteiger partial charge < -0.3 is 19.5 Å². The molecule has 30 heavy (non-hydrogen) atoms. The van der Waals surface area contributed by atoms with E-state index in [1.165, 1.54) is 59.0 Å². The SMILES string of the molecule is CC.CC.CC=O.CCC(C)C(=O)N1CCC(CN2CCN(CC(C)C)CC2)CC1. The fraction of sp³-hybridized carbons (Fsp3) is 0.920. The number of aldehydes is 1. The van der Waals surface area contributed by atoms with E-state index in [0.717, 1.165) is 37.6 Å². The van der Waals surface area contributed by atoms with Gasteiger partial charge in [0.05, 0.1) is 0 Å². The lowest BCUT2D eigenvalue weighted by atomic mass is 9.94. The summed E-state index contributed by atoms with van der Waals surface area (Å²) in [6, 6.07) is 0. The predicted octanol–water partition coefficient (Wildman–Crippen LogP) is 4.80. The van der Waals surface area contributed by atoms with Gasteiger partial charge in [0, 0.05) is 58.3 Å². The Morgan fingerprint density at radius 1 is 0.900 bits per heavy atom. The van der Waals surface area contributed by atoms with E-state index in [4.69, 9.17) is 4.79 Å². The van der Waals surface area contributed by atoms with Crippen molar-refractivity contribution in [1.29, 1.82) is 0 Å². The van der Waals surface area contributed by atoms with Crippen LogP contribution < -0.4 is 0 Å². The van der Waals surface area contributed by atoms with E-state index in [1.54, 1.807) is 0 Å². The van der Waals surface area contributed by atoms with E-state index in [2.05, 4.69) is 42.4 Å². The number of likely N-dealkylation sites (tertiary alicyclic amines) is 1. The monoisotopic (exact) mass is 427 g/mol. The molecular weight excluding hydrogens is 374 g/mol. The van der Waals surface area contributed by atoms with Gasteiger partial charge in [0.2, 0.25) is 5.91 Å². The van der Waals surface area contributed by atoms with Gasteiger partial charge in [-0.3, -0.25) is 4.79 Å². The van der Waals surface area contributed by atoms with Gasteiger partial charge in [0.1, 0.15) is 6.29 Å². The highest BCUT2D eigenvalue weighted by atomic mass is 16.2. The van der Waals surface area contributed by atoms with Crippen molar-refractivity contribution in [3.8, 4) is 0 Å². The maximum absolute atomic E-state index is 12.3. The van der Waals surface area contributed by atoms with Crippen molar-refractivity contribution < 1.29 is 9.59 Å². The zero-order valence-corrected chi connectivity index (χ0v) is 21.7. The van der Waals surface area contributed by atoms with Crippen molar-refractivity contribution >= 4 is 12.2 Å². The molecule has 2 rings (SSSR count). The number of hydrogen-bond acceptors (Lipinski definition) is 4. The molecule has 0 aromatic rings. The van der Waals surface area contributed by atoms with Crippen LogP contribution >= 0.6 is 0 Å². The van der Waals surface area contributed by atoms with Gasteiger partial charge in [-0.1, -0.05) is 55.4 Å². The summed E-state index contributed by atoms with van der Waals surface area (Å²) in [7, 11) is 0. The molecule has 0 aliphatic carbocycles. The van der Waals surface area contributed by atoms with Crippen molar-refractivity contribution in [3.05, 3.63) is 0 Å². The number of piperazine rings is 1. The Bertz CT molecular complexity index is 399. The van der Waals surface area contributed by atoms with Gasteiger partial charge in [-0.2, -0.15) is 0 Å². The second-order valence-corrected chi connectivity index (χ2v) is 8.31. The summed E-state index contributed by atoms with van der Waals surface area (Å²) in [5.74, 6) is 2.12. The first kappa shape index (κ1) is 31.2. The van der Waals surface area contributed by atoms with Crippen LogP contribution in [0.1, 0.15) is 81.6 Å². The van der Waals surface area contributed by atoms with E-state index in [-0.39, 0.29) is 5.92 Å². The molecule has 0 aromatic carbocycles. The molecule has 0 bridgehead atoms. The van der Waals surface area contributed by atoms with E-state index in [1.807, 2.05) is 27.7 Å². The summed E-state index contributed by atoms with van der Waals surface area (Å²) in [6.07, 6.45) is 4.09. The first-order valence-corrected chi connectivity index (χ1v) is 12.5. The predicted molar refractivity (Wildman–Crippen MR) is 131 cm³/mol. The average Bonchev–Trinajstić information content (AvgIpc) is 2.77. The zero-order valence-electron chi connectivity index (χ0n) is 21.7. The molecule has 2 aliphatic rings. The minimum absolute atomic E-state index is 0.195. The van der Waals surface area contributed by atoms with Crippen molar-refractivity contribution in [1.82, 2.24) is 14.7 Å².